The Bertz CT molecular complexity index is 1230. The number of hydrogen-bond acceptors (Lipinski definition) is 10. The predicted octanol–water partition coefficient (Wildman–Crippen LogP) is -4.38. The number of anilines is 2. The zero-order chi connectivity index (χ0) is 23.3. The van der Waals surface area contributed by atoms with Gasteiger partial charge in [-0.2, -0.15) is 4.98 Å². The first kappa shape index (κ1) is 25.3. The van der Waals surface area contributed by atoms with E-state index >= 15 is 0 Å². The van der Waals surface area contributed by atoms with Crippen molar-refractivity contribution in [3.05, 3.63) is 52.1 Å². The maximum absolute atomic E-state index is 12.3. The van der Waals surface area contributed by atoms with Crippen LogP contribution in [0.3, 0.4) is 0 Å². The van der Waals surface area contributed by atoms with Gasteiger partial charge in [-0.25, -0.2) is 14.8 Å². The minimum Gasteiger partial charge on any atom is -0.550 e. The van der Waals surface area contributed by atoms with E-state index in [4.69, 9.17) is 10.8 Å². The fraction of sp³-hybridized carbons (Fsp3) is 0.211. The molecule has 33 heavy (non-hydrogen) atoms. The van der Waals surface area contributed by atoms with E-state index in [-0.39, 0.29) is 54.5 Å². The Morgan fingerprint density at radius 3 is 2.52 bits per heavy atom. The van der Waals surface area contributed by atoms with Gasteiger partial charge < -0.3 is 31.4 Å². The normalized spacial score (nSPS) is 11.3. The van der Waals surface area contributed by atoms with Crippen molar-refractivity contribution in [1.82, 2.24) is 25.3 Å². The van der Waals surface area contributed by atoms with Crippen LogP contribution in [0.2, 0.25) is 0 Å². The number of aliphatic carboxylic acids is 2. The molecule has 1 amide bonds. The van der Waals surface area contributed by atoms with Gasteiger partial charge in [-0.15, -0.1) is 0 Å². The van der Waals surface area contributed by atoms with Crippen molar-refractivity contribution in [2.75, 3.05) is 11.1 Å². The summed E-state index contributed by atoms with van der Waals surface area (Å²) < 4.78 is 0. The van der Waals surface area contributed by atoms with E-state index in [1.165, 1.54) is 18.3 Å². The molecule has 166 valence electrons. The Labute approximate surface area is 198 Å². The van der Waals surface area contributed by atoms with Crippen molar-refractivity contribution in [1.29, 1.82) is 0 Å². The average Bonchev–Trinajstić information content (AvgIpc) is 2.75. The number of carbonyl (C=O) groups is 3. The zero-order valence-electron chi connectivity index (χ0n) is 17.5. The number of amides is 1. The van der Waals surface area contributed by atoms with Gasteiger partial charge >= 0.3 is 24.8 Å². The smallest absolute Gasteiger partial charge is 0.550 e. The van der Waals surface area contributed by atoms with Crippen LogP contribution < -0.4 is 45.9 Å². The van der Waals surface area contributed by atoms with Crippen molar-refractivity contribution in [2.24, 2.45) is 0 Å². The predicted molar refractivity (Wildman–Crippen MR) is 109 cm³/mol. The molecule has 0 fully saturated rings. The summed E-state index contributed by atoms with van der Waals surface area (Å²) in [4.78, 5) is 60.4. The zero-order valence-corrected chi connectivity index (χ0v) is 17.5. The average molecular weight is 447 g/mol. The van der Waals surface area contributed by atoms with E-state index in [1.807, 2.05) is 0 Å². The van der Waals surface area contributed by atoms with Crippen molar-refractivity contribution in [3.63, 3.8) is 0 Å². The van der Waals surface area contributed by atoms with E-state index < -0.39 is 35.9 Å². The molecule has 3 aromatic rings. The van der Waals surface area contributed by atoms with Crippen LogP contribution in [0, 0.1) is 0 Å². The van der Waals surface area contributed by atoms with Crippen molar-refractivity contribution in [3.8, 4) is 0 Å². The monoisotopic (exact) mass is 447 g/mol. The molecule has 14 heteroatoms. The Morgan fingerprint density at radius 2 is 1.88 bits per heavy atom. The van der Waals surface area contributed by atoms with Crippen LogP contribution in [0.25, 0.3) is 11.2 Å². The SMILES string of the molecule is Nc1nc2ncc(CNc3ccc(C(=O)N[C@@H](CCC(=O)[O-])C(=O)O)cc3)nc2c(=O)[nH]1.[Li+]. The van der Waals surface area contributed by atoms with E-state index in [0.29, 0.717) is 11.4 Å². The Kier molecular flexibility index (Phi) is 8.49. The van der Waals surface area contributed by atoms with Crippen molar-refractivity contribution >= 4 is 40.6 Å². The number of aromatic nitrogens is 4. The Morgan fingerprint density at radius 1 is 1.18 bits per heavy atom. The molecule has 0 saturated carbocycles. The van der Waals surface area contributed by atoms with E-state index in [0.717, 1.165) is 0 Å². The number of nitrogens with two attached hydrogens (primary N) is 1. The molecule has 2 heterocycles. The molecule has 1 atom stereocenters. The molecule has 0 aliphatic rings. The van der Waals surface area contributed by atoms with Crippen LogP contribution >= 0.6 is 0 Å². The van der Waals surface area contributed by atoms with Crippen LogP contribution in [-0.4, -0.2) is 48.9 Å². The largest absolute Gasteiger partial charge is 1.00 e. The summed E-state index contributed by atoms with van der Waals surface area (Å²) in [7, 11) is 0. The van der Waals surface area contributed by atoms with Gasteiger partial charge in [0.2, 0.25) is 5.95 Å². The maximum atomic E-state index is 12.3. The number of hydrogen-bond donors (Lipinski definition) is 5. The van der Waals surface area contributed by atoms with E-state index in [1.54, 1.807) is 12.1 Å². The molecule has 0 unspecified atom stereocenters. The molecule has 0 radical (unpaired) electrons. The second kappa shape index (κ2) is 11.1. The third-order valence-corrected chi connectivity index (χ3v) is 4.35. The summed E-state index contributed by atoms with van der Waals surface area (Å²) in [6.45, 7) is 0.225. The number of carboxylic acid groups (broad SMARTS) is 2. The van der Waals surface area contributed by atoms with Crippen molar-refractivity contribution in [2.45, 2.75) is 25.4 Å². The quantitative estimate of drug-likeness (QED) is 0.197. The maximum Gasteiger partial charge on any atom is 1.00 e. The second-order valence-corrected chi connectivity index (χ2v) is 6.69. The van der Waals surface area contributed by atoms with Gasteiger partial charge in [0.05, 0.1) is 18.4 Å². The molecule has 13 nitrogen and oxygen atoms in total. The number of nitrogens with zero attached hydrogens (tertiary/aromatic N) is 3. The van der Waals surface area contributed by atoms with Gasteiger partial charge in [-0.05, 0) is 37.1 Å². The molecular weight excluding hydrogens is 429 g/mol. The molecule has 1 aromatic carbocycles. The summed E-state index contributed by atoms with van der Waals surface area (Å²) in [6, 6.07) is 4.78. The number of aromatic amines is 1. The fourth-order valence-corrected chi connectivity index (χ4v) is 2.75. The Hall–Kier alpha value is -3.95. The number of nitrogens with one attached hydrogen (secondary N) is 3. The first-order chi connectivity index (χ1) is 15.2. The minimum absolute atomic E-state index is 0. The minimum atomic E-state index is -1.40. The number of fused-ring (bicyclic) bond motifs is 1. The molecule has 0 saturated heterocycles. The molecular formula is C19H18LiN7O6. The fourth-order valence-electron chi connectivity index (χ4n) is 2.75. The van der Waals surface area contributed by atoms with Crippen molar-refractivity contribution < 1.29 is 43.5 Å². The van der Waals surface area contributed by atoms with Crippen LogP contribution in [0.5, 0.6) is 0 Å². The summed E-state index contributed by atoms with van der Waals surface area (Å²) in [6.07, 6.45) is 0.662. The molecule has 0 spiro atoms. The first-order valence-electron chi connectivity index (χ1n) is 9.32. The van der Waals surface area contributed by atoms with Gasteiger partial charge in [0.15, 0.2) is 11.2 Å². The summed E-state index contributed by atoms with van der Waals surface area (Å²) in [5.74, 6) is -3.46. The summed E-state index contributed by atoms with van der Waals surface area (Å²) >= 11 is 0. The van der Waals surface area contributed by atoms with Crippen LogP contribution in [-0.2, 0) is 16.1 Å². The summed E-state index contributed by atoms with van der Waals surface area (Å²) in [5.41, 5.74) is 6.43. The molecule has 6 N–H and O–H groups in total. The summed E-state index contributed by atoms with van der Waals surface area (Å²) in [5, 5.41) is 25.0. The molecule has 0 aliphatic carbocycles. The standard InChI is InChI=1S/C19H19N7O6.Li/c20-19-25-15-14(17(30)26-19)23-11(8-22-15)7-21-10-3-1-9(2-4-10)16(29)24-12(18(31)32)5-6-13(27)28;/h1-4,8,12,21H,5-7H2,(H,24,29)(H,27,28)(H,31,32)(H3,20,22,25,26,30);/q;+1/p-1/t12-;/m0./s1. The van der Waals surface area contributed by atoms with Gasteiger partial charge in [-0.1, -0.05) is 0 Å². The van der Waals surface area contributed by atoms with Crippen LogP contribution in [0.15, 0.2) is 35.3 Å². The number of H-pyrrole nitrogens is 1. The number of benzene rings is 1. The van der Waals surface area contributed by atoms with Gasteiger partial charge in [-0.3, -0.25) is 14.6 Å². The number of carboxylic acids is 2. The van der Waals surface area contributed by atoms with E-state index in [2.05, 4.69) is 30.6 Å². The molecule has 3 rings (SSSR count). The molecule has 2 aromatic heterocycles. The topological polar surface area (TPSA) is 216 Å². The molecule has 0 bridgehead atoms. The number of nitrogen functional groups attached to an aromatic ring is 1. The van der Waals surface area contributed by atoms with E-state index in [9.17, 15) is 24.3 Å². The van der Waals surface area contributed by atoms with Gasteiger partial charge in [0, 0.05) is 17.2 Å². The number of carbonyl (C=O) groups excluding carboxylic acids is 2. The second-order valence-electron chi connectivity index (χ2n) is 6.69. The third kappa shape index (κ3) is 6.76. The van der Waals surface area contributed by atoms with Gasteiger partial charge in [0.25, 0.3) is 11.5 Å². The van der Waals surface area contributed by atoms with Gasteiger partial charge in [0.1, 0.15) is 6.04 Å². The first-order valence-corrected chi connectivity index (χ1v) is 9.32. The Balaban J connectivity index is 0.00000385. The third-order valence-electron chi connectivity index (χ3n) is 4.35. The van der Waals surface area contributed by atoms with Crippen LogP contribution in [0.4, 0.5) is 11.6 Å². The molecule has 0 aliphatic heterocycles. The van der Waals surface area contributed by atoms with Crippen LogP contribution in [0.1, 0.15) is 28.9 Å². The number of rotatable bonds is 9.